The molecule has 2 heteroatoms. The Hall–Kier alpha value is -0.340. The summed E-state index contributed by atoms with van der Waals surface area (Å²) in [5, 5.41) is 9.23. The zero-order valence-corrected chi connectivity index (χ0v) is 11.1. The third-order valence-corrected chi connectivity index (χ3v) is 5.83. The fourth-order valence-corrected chi connectivity index (χ4v) is 2.90. The zero-order valence-electron chi connectivity index (χ0n) is 11.1. The van der Waals surface area contributed by atoms with Crippen molar-refractivity contribution in [2.75, 3.05) is 0 Å². The molecule has 0 spiro atoms. The van der Waals surface area contributed by atoms with Crippen molar-refractivity contribution in [3.05, 3.63) is 12.2 Å². The van der Waals surface area contributed by atoms with Gasteiger partial charge in [-0.05, 0) is 23.3 Å². The van der Waals surface area contributed by atoms with Crippen molar-refractivity contribution in [2.24, 2.45) is 16.2 Å². The second kappa shape index (κ2) is 2.86. The first-order valence-corrected chi connectivity index (χ1v) is 5.49. The monoisotopic (exact) mass is 212 g/mol. The second-order valence-electron chi connectivity index (χ2n) is 6.48. The van der Waals surface area contributed by atoms with Gasteiger partial charge in [0.1, 0.15) is 5.60 Å². The smallest absolute Gasteiger partial charge is 0.127 e. The van der Waals surface area contributed by atoms with Gasteiger partial charge in [-0.2, -0.15) is 0 Å². The molecule has 0 saturated heterocycles. The van der Waals surface area contributed by atoms with Crippen LogP contribution in [0.4, 0.5) is 0 Å². The van der Waals surface area contributed by atoms with Crippen molar-refractivity contribution >= 4 is 0 Å². The molecule has 0 aliphatic heterocycles. The molecule has 1 saturated carbocycles. The summed E-state index contributed by atoms with van der Waals surface area (Å²) in [5.74, 6) is 0. The molecule has 15 heavy (non-hydrogen) atoms. The van der Waals surface area contributed by atoms with Gasteiger partial charge in [-0.25, -0.2) is 4.89 Å². The summed E-state index contributed by atoms with van der Waals surface area (Å²) in [6.45, 7) is 19.1. The van der Waals surface area contributed by atoms with Crippen LogP contribution in [0.3, 0.4) is 0 Å². The summed E-state index contributed by atoms with van der Waals surface area (Å²) in [6.07, 6.45) is 0. The van der Waals surface area contributed by atoms with Crippen molar-refractivity contribution in [2.45, 2.75) is 54.1 Å². The molecule has 1 fully saturated rings. The van der Waals surface area contributed by atoms with Crippen LogP contribution in [0.1, 0.15) is 48.5 Å². The average Bonchev–Trinajstić information content (AvgIpc) is 2.18. The van der Waals surface area contributed by atoms with Gasteiger partial charge in [-0.3, -0.25) is 5.26 Å². The SMILES string of the molecule is C=C1C(C)(C)C(C)(C)C(C)(C)C1(C)OO. The third kappa shape index (κ3) is 1.07. The lowest BCUT2D eigenvalue weighted by Gasteiger charge is -2.46. The zero-order chi connectivity index (χ0) is 12.3. The normalized spacial score (nSPS) is 36.9. The minimum absolute atomic E-state index is 0.00850. The highest BCUT2D eigenvalue weighted by Crippen LogP contribution is 2.69. The predicted octanol–water partition coefficient (Wildman–Crippen LogP) is 3.88. The molecule has 1 rings (SSSR count). The van der Waals surface area contributed by atoms with Crippen LogP contribution in [0.2, 0.25) is 0 Å². The Morgan fingerprint density at radius 1 is 0.933 bits per heavy atom. The van der Waals surface area contributed by atoms with E-state index in [4.69, 9.17) is 4.89 Å². The van der Waals surface area contributed by atoms with Crippen LogP contribution in [0.15, 0.2) is 12.2 Å². The van der Waals surface area contributed by atoms with Crippen LogP contribution in [-0.4, -0.2) is 10.9 Å². The molecular weight excluding hydrogens is 188 g/mol. The quantitative estimate of drug-likeness (QED) is 0.406. The van der Waals surface area contributed by atoms with Crippen LogP contribution in [0.25, 0.3) is 0 Å². The predicted molar refractivity (Wildman–Crippen MR) is 62.6 cm³/mol. The molecule has 0 heterocycles. The van der Waals surface area contributed by atoms with Crippen LogP contribution >= 0.6 is 0 Å². The number of hydrogen-bond acceptors (Lipinski definition) is 2. The summed E-state index contributed by atoms with van der Waals surface area (Å²) < 4.78 is 0. The van der Waals surface area contributed by atoms with Gasteiger partial charge in [-0.15, -0.1) is 0 Å². The van der Waals surface area contributed by atoms with Gasteiger partial charge in [0, 0.05) is 5.41 Å². The first-order valence-electron chi connectivity index (χ1n) is 5.49. The van der Waals surface area contributed by atoms with Gasteiger partial charge in [-0.1, -0.05) is 48.1 Å². The maximum absolute atomic E-state index is 9.23. The van der Waals surface area contributed by atoms with Gasteiger partial charge in [0.05, 0.1) is 0 Å². The summed E-state index contributed by atoms with van der Waals surface area (Å²) in [7, 11) is 0. The van der Waals surface area contributed by atoms with Crippen molar-refractivity contribution in [1.82, 2.24) is 0 Å². The summed E-state index contributed by atoms with van der Waals surface area (Å²) in [6, 6.07) is 0. The minimum Gasteiger partial charge on any atom is -0.251 e. The van der Waals surface area contributed by atoms with Crippen LogP contribution in [-0.2, 0) is 4.89 Å². The molecule has 0 aromatic heterocycles. The topological polar surface area (TPSA) is 29.5 Å². The standard InChI is InChI=1S/C13H24O2/c1-9-10(2,3)11(4,5)12(6,7)13(9,8)15-14/h14H,1H2,2-8H3. The second-order valence-corrected chi connectivity index (χ2v) is 6.48. The average molecular weight is 212 g/mol. The van der Waals surface area contributed by atoms with Crippen molar-refractivity contribution in [1.29, 1.82) is 0 Å². The third-order valence-electron chi connectivity index (χ3n) is 5.83. The van der Waals surface area contributed by atoms with Crippen molar-refractivity contribution in [3.8, 4) is 0 Å². The Morgan fingerprint density at radius 2 is 1.33 bits per heavy atom. The van der Waals surface area contributed by atoms with E-state index in [1.807, 2.05) is 6.92 Å². The lowest BCUT2D eigenvalue weighted by Crippen LogP contribution is -2.46. The molecule has 0 bridgehead atoms. The van der Waals surface area contributed by atoms with Crippen LogP contribution < -0.4 is 0 Å². The van der Waals surface area contributed by atoms with Crippen molar-refractivity contribution in [3.63, 3.8) is 0 Å². The summed E-state index contributed by atoms with van der Waals surface area (Å²) >= 11 is 0. The van der Waals surface area contributed by atoms with E-state index in [9.17, 15) is 5.26 Å². The van der Waals surface area contributed by atoms with Gasteiger partial charge in [0.25, 0.3) is 0 Å². The minimum atomic E-state index is -0.681. The maximum atomic E-state index is 9.23. The highest BCUT2D eigenvalue weighted by Gasteiger charge is 2.68. The summed E-state index contributed by atoms with van der Waals surface area (Å²) in [4.78, 5) is 4.80. The molecule has 1 aliphatic carbocycles. The largest absolute Gasteiger partial charge is 0.251 e. The van der Waals surface area contributed by atoms with E-state index in [0.29, 0.717) is 0 Å². The van der Waals surface area contributed by atoms with Crippen LogP contribution in [0.5, 0.6) is 0 Å². The van der Waals surface area contributed by atoms with Gasteiger partial charge in [0.15, 0.2) is 0 Å². The maximum Gasteiger partial charge on any atom is 0.127 e. The first kappa shape index (κ1) is 12.7. The molecule has 0 radical (unpaired) electrons. The van der Waals surface area contributed by atoms with E-state index >= 15 is 0 Å². The first-order chi connectivity index (χ1) is 6.47. The lowest BCUT2D eigenvalue weighted by molar-refractivity contribution is -0.332. The van der Waals surface area contributed by atoms with Crippen LogP contribution in [0, 0.1) is 16.2 Å². The highest BCUT2D eigenvalue weighted by atomic mass is 17.1. The Labute approximate surface area is 93.3 Å². The molecule has 0 amide bonds. The fourth-order valence-electron chi connectivity index (χ4n) is 2.90. The van der Waals surface area contributed by atoms with Gasteiger partial charge >= 0.3 is 0 Å². The van der Waals surface area contributed by atoms with E-state index in [-0.39, 0.29) is 16.2 Å². The molecule has 1 N–H and O–H groups in total. The summed E-state index contributed by atoms with van der Waals surface area (Å²) in [5.41, 5.74) is 0.0604. The van der Waals surface area contributed by atoms with E-state index in [1.165, 1.54) is 0 Å². The van der Waals surface area contributed by atoms with E-state index < -0.39 is 5.60 Å². The number of hydrogen-bond donors (Lipinski definition) is 1. The Morgan fingerprint density at radius 3 is 1.47 bits per heavy atom. The highest BCUT2D eigenvalue weighted by molar-refractivity contribution is 5.35. The molecule has 0 aromatic rings. The molecule has 88 valence electrons. The lowest BCUT2D eigenvalue weighted by atomic mass is 9.59. The Kier molecular flexibility index (Phi) is 2.43. The van der Waals surface area contributed by atoms with E-state index in [2.05, 4.69) is 48.1 Å². The van der Waals surface area contributed by atoms with Gasteiger partial charge < -0.3 is 0 Å². The van der Waals surface area contributed by atoms with E-state index in [1.54, 1.807) is 0 Å². The van der Waals surface area contributed by atoms with E-state index in [0.717, 1.165) is 5.57 Å². The molecule has 2 nitrogen and oxygen atoms in total. The Balaban J connectivity index is 3.48. The van der Waals surface area contributed by atoms with Crippen molar-refractivity contribution < 1.29 is 10.1 Å². The molecule has 1 atom stereocenters. The number of rotatable bonds is 1. The fraction of sp³-hybridized carbons (Fsp3) is 0.846. The molecule has 1 aliphatic rings. The Bertz CT molecular complexity index is 300. The molecular formula is C13H24O2. The van der Waals surface area contributed by atoms with Gasteiger partial charge in [0.2, 0.25) is 0 Å². The molecule has 1 unspecified atom stereocenters. The molecule has 0 aromatic carbocycles.